The van der Waals surface area contributed by atoms with E-state index in [-0.39, 0.29) is 23.1 Å². The van der Waals surface area contributed by atoms with E-state index < -0.39 is 21.9 Å². The van der Waals surface area contributed by atoms with E-state index in [1.54, 1.807) is 23.1 Å². The quantitative estimate of drug-likeness (QED) is 0.626. The lowest BCUT2D eigenvalue weighted by Gasteiger charge is -2.33. The van der Waals surface area contributed by atoms with E-state index in [4.69, 9.17) is 5.14 Å². The number of rotatable bonds is 6. The van der Waals surface area contributed by atoms with Gasteiger partial charge in [-0.05, 0) is 54.7 Å². The molecule has 1 atom stereocenters. The zero-order valence-electron chi connectivity index (χ0n) is 16.9. The molecule has 0 radical (unpaired) electrons. The molecule has 0 saturated carbocycles. The number of nitrogens with one attached hydrogen (secondary N) is 2. The maximum Gasteiger partial charge on any atom is 0.319 e. The lowest BCUT2D eigenvalue weighted by atomic mass is 9.97. The van der Waals surface area contributed by atoms with Crippen LogP contribution in [0.3, 0.4) is 0 Å². The Labute approximate surface area is 180 Å². The van der Waals surface area contributed by atoms with Crippen LogP contribution in [-0.4, -0.2) is 44.9 Å². The van der Waals surface area contributed by atoms with Gasteiger partial charge in [0.1, 0.15) is 5.82 Å². The summed E-state index contributed by atoms with van der Waals surface area (Å²) in [7, 11) is -3.76. The van der Waals surface area contributed by atoms with Gasteiger partial charge in [-0.15, -0.1) is 0 Å². The smallest absolute Gasteiger partial charge is 0.319 e. The van der Waals surface area contributed by atoms with Crippen molar-refractivity contribution >= 4 is 27.6 Å². The molecule has 10 heteroatoms. The Kier molecular flexibility index (Phi) is 7.24. The number of nitrogens with two attached hydrogens (primary N) is 1. The van der Waals surface area contributed by atoms with E-state index in [2.05, 4.69) is 10.6 Å². The van der Waals surface area contributed by atoms with Crippen molar-refractivity contribution in [3.63, 3.8) is 0 Å². The van der Waals surface area contributed by atoms with Crippen molar-refractivity contribution in [1.82, 2.24) is 10.2 Å². The molecule has 1 aliphatic heterocycles. The summed E-state index contributed by atoms with van der Waals surface area (Å²) in [6.45, 7) is 1.56. The molecule has 0 spiro atoms. The Hall–Kier alpha value is -2.98. The Morgan fingerprint density at radius 1 is 1.16 bits per heavy atom. The lowest BCUT2D eigenvalue weighted by Crippen LogP contribution is -2.44. The Bertz CT molecular complexity index is 1040. The third-order valence-corrected chi connectivity index (χ3v) is 6.04. The number of anilines is 1. The van der Waals surface area contributed by atoms with Gasteiger partial charge >= 0.3 is 6.03 Å². The van der Waals surface area contributed by atoms with Crippen LogP contribution in [0.1, 0.15) is 18.4 Å². The van der Waals surface area contributed by atoms with Crippen LogP contribution >= 0.6 is 0 Å². The number of likely N-dealkylation sites (tertiary alicyclic amines) is 1. The van der Waals surface area contributed by atoms with E-state index in [0.29, 0.717) is 30.9 Å². The first-order chi connectivity index (χ1) is 14.7. The molecule has 3 rings (SSSR count). The number of nitrogens with zero attached hydrogens (tertiary/aromatic N) is 1. The lowest BCUT2D eigenvalue weighted by molar-refractivity contribution is -0.132. The SMILES string of the molecule is NS(=O)(=O)c1ccc(CC(=O)N2CCCC(CNC(=O)Nc3cccc(F)c3)C2)cc1. The van der Waals surface area contributed by atoms with E-state index in [1.165, 1.54) is 30.3 Å². The fourth-order valence-corrected chi connectivity index (χ4v) is 4.04. The molecule has 1 heterocycles. The molecule has 0 bridgehead atoms. The minimum Gasteiger partial charge on any atom is -0.342 e. The number of hydrogen-bond acceptors (Lipinski definition) is 4. The second-order valence-corrected chi connectivity index (χ2v) is 9.12. The summed E-state index contributed by atoms with van der Waals surface area (Å²) < 4.78 is 35.9. The van der Waals surface area contributed by atoms with Crippen molar-refractivity contribution in [3.05, 3.63) is 59.9 Å². The van der Waals surface area contributed by atoms with Gasteiger partial charge in [-0.1, -0.05) is 18.2 Å². The molecule has 8 nitrogen and oxygen atoms in total. The van der Waals surface area contributed by atoms with Crippen molar-refractivity contribution < 1.29 is 22.4 Å². The van der Waals surface area contributed by atoms with E-state index in [9.17, 15) is 22.4 Å². The van der Waals surface area contributed by atoms with Gasteiger partial charge in [-0.3, -0.25) is 4.79 Å². The predicted octanol–water partition coefficient (Wildman–Crippen LogP) is 2.08. The largest absolute Gasteiger partial charge is 0.342 e. The first-order valence-corrected chi connectivity index (χ1v) is 11.5. The van der Waals surface area contributed by atoms with Crippen LogP contribution < -0.4 is 15.8 Å². The van der Waals surface area contributed by atoms with Crippen LogP contribution in [0.15, 0.2) is 53.4 Å². The summed E-state index contributed by atoms with van der Waals surface area (Å²) in [4.78, 5) is 26.5. The fourth-order valence-electron chi connectivity index (χ4n) is 3.52. The first-order valence-electron chi connectivity index (χ1n) is 9.90. The van der Waals surface area contributed by atoms with Gasteiger partial charge in [-0.25, -0.2) is 22.7 Å². The van der Waals surface area contributed by atoms with Crippen molar-refractivity contribution in [2.45, 2.75) is 24.2 Å². The molecule has 1 aliphatic rings. The minimum atomic E-state index is -3.76. The average molecular weight is 449 g/mol. The zero-order chi connectivity index (χ0) is 22.4. The first kappa shape index (κ1) is 22.7. The van der Waals surface area contributed by atoms with Crippen LogP contribution in [0.5, 0.6) is 0 Å². The molecule has 166 valence electrons. The summed E-state index contributed by atoms with van der Waals surface area (Å²) >= 11 is 0. The van der Waals surface area contributed by atoms with Gasteiger partial charge < -0.3 is 15.5 Å². The van der Waals surface area contributed by atoms with Crippen LogP contribution in [0.2, 0.25) is 0 Å². The summed E-state index contributed by atoms with van der Waals surface area (Å²) in [5.41, 5.74) is 1.07. The molecule has 1 fully saturated rings. The fraction of sp³-hybridized carbons (Fsp3) is 0.333. The summed E-state index contributed by atoms with van der Waals surface area (Å²) in [5.74, 6) is -0.378. The second-order valence-electron chi connectivity index (χ2n) is 7.56. The van der Waals surface area contributed by atoms with Crippen LogP contribution in [-0.2, 0) is 21.2 Å². The predicted molar refractivity (Wildman–Crippen MR) is 114 cm³/mol. The molecule has 3 amide bonds. The minimum absolute atomic E-state index is 0.00401. The second kappa shape index (κ2) is 9.88. The topological polar surface area (TPSA) is 122 Å². The number of halogens is 1. The Morgan fingerprint density at radius 3 is 2.58 bits per heavy atom. The van der Waals surface area contributed by atoms with Crippen molar-refractivity contribution in [1.29, 1.82) is 0 Å². The maximum absolute atomic E-state index is 13.2. The normalized spacial score (nSPS) is 16.6. The summed E-state index contributed by atoms with van der Waals surface area (Å²) in [5, 5.41) is 10.4. The van der Waals surface area contributed by atoms with Crippen molar-refractivity contribution in [2.75, 3.05) is 25.0 Å². The standard InChI is InChI=1S/C21H25FN4O4S/c22-17-4-1-5-18(12-17)25-21(28)24-13-16-3-2-10-26(14-16)20(27)11-15-6-8-19(9-7-15)31(23,29)30/h1,4-9,12,16H,2-3,10-11,13-14H2,(H2,23,29,30)(H2,24,25,28). The number of hydrogen-bond donors (Lipinski definition) is 3. The van der Waals surface area contributed by atoms with Crippen molar-refractivity contribution in [2.24, 2.45) is 11.1 Å². The van der Waals surface area contributed by atoms with Crippen LogP contribution in [0.25, 0.3) is 0 Å². The van der Waals surface area contributed by atoms with E-state index >= 15 is 0 Å². The van der Waals surface area contributed by atoms with Crippen LogP contribution in [0.4, 0.5) is 14.9 Å². The molecule has 31 heavy (non-hydrogen) atoms. The molecular weight excluding hydrogens is 423 g/mol. The zero-order valence-corrected chi connectivity index (χ0v) is 17.7. The number of benzene rings is 2. The number of carbonyl (C=O) groups excluding carboxylic acids is 2. The van der Waals surface area contributed by atoms with Gasteiger partial charge in [0.05, 0.1) is 11.3 Å². The van der Waals surface area contributed by atoms with E-state index in [1.807, 2.05) is 0 Å². The van der Waals surface area contributed by atoms with Gasteiger partial charge in [0.2, 0.25) is 15.9 Å². The molecule has 0 aromatic heterocycles. The number of primary sulfonamides is 1. The average Bonchev–Trinajstić information content (AvgIpc) is 2.72. The van der Waals surface area contributed by atoms with Gasteiger partial charge in [0.25, 0.3) is 0 Å². The van der Waals surface area contributed by atoms with Crippen molar-refractivity contribution in [3.8, 4) is 0 Å². The maximum atomic E-state index is 13.2. The van der Waals surface area contributed by atoms with Gasteiger partial charge in [0, 0.05) is 25.3 Å². The monoisotopic (exact) mass is 448 g/mol. The highest BCUT2D eigenvalue weighted by molar-refractivity contribution is 7.89. The highest BCUT2D eigenvalue weighted by atomic mass is 32.2. The molecule has 2 aromatic carbocycles. The molecule has 0 aliphatic carbocycles. The van der Waals surface area contributed by atoms with E-state index in [0.717, 1.165) is 12.8 Å². The molecule has 1 unspecified atom stereocenters. The Morgan fingerprint density at radius 2 is 1.90 bits per heavy atom. The summed E-state index contributed by atoms with van der Waals surface area (Å²) in [6.07, 6.45) is 1.87. The van der Waals surface area contributed by atoms with Crippen LogP contribution in [0, 0.1) is 11.7 Å². The third kappa shape index (κ3) is 6.76. The number of piperidine rings is 1. The number of urea groups is 1. The molecule has 1 saturated heterocycles. The third-order valence-electron chi connectivity index (χ3n) is 5.11. The molecule has 4 N–H and O–H groups in total. The van der Waals surface area contributed by atoms with Gasteiger partial charge in [-0.2, -0.15) is 0 Å². The molecule has 2 aromatic rings. The summed E-state index contributed by atoms with van der Waals surface area (Å²) in [6, 6.07) is 11.1. The Balaban J connectivity index is 1.48. The number of amides is 3. The highest BCUT2D eigenvalue weighted by Crippen LogP contribution is 2.18. The molecular formula is C21H25FN4O4S. The highest BCUT2D eigenvalue weighted by Gasteiger charge is 2.24. The van der Waals surface area contributed by atoms with Gasteiger partial charge in [0.15, 0.2) is 0 Å². The number of carbonyl (C=O) groups is 2. The number of sulfonamides is 1.